The van der Waals surface area contributed by atoms with Gasteiger partial charge in [-0.25, -0.2) is 0 Å². The molecule has 1 heteroatoms. The largest absolute Gasteiger partial charge is 0.294 e. The van der Waals surface area contributed by atoms with Crippen molar-refractivity contribution in [3.63, 3.8) is 0 Å². The molecule has 0 bridgehead atoms. The molecule has 0 spiro atoms. The first kappa shape index (κ1) is 7.26. The minimum Gasteiger partial charge on any atom is -0.294 e. The molecule has 0 N–H and O–H groups in total. The predicted molar refractivity (Wildman–Crippen MR) is 41.8 cm³/mol. The third-order valence-corrected chi connectivity index (χ3v) is 1.82. The number of Topliss-reactive ketones (excluding diaryl/α,β-unsaturated/α-hetero) is 1. The van der Waals surface area contributed by atoms with Crippen LogP contribution >= 0.6 is 0 Å². The van der Waals surface area contributed by atoms with E-state index in [-0.39, 0.29) is 0 Å². The molecule has 1 aliphatic carbocycles. The van der Waals surface area contributed by atoms with E-state index in [9.17, 15) is 4.79 Å². The van der Waals surface area contributed by atoms with Gasteiger partial charge in [-0.1, -0.05) is 17.7 Å². The third kappa shape index (κ3) is 1.18. The first-order valence-corrected chi connectivity index (χ1v) is 3.61. The van der Waals surface area contributed by atoms with E-state index < -0.39 is 0 Å². The van der Waals surface area contributed by atoms with E-state index in [0.717, 1.165) is 12.0 Å². The smallest absolute Gasteiger partial charge is 0.163 e. The van der Waals surface area contributed by atoms with Crippen molar-refractivity contribution in [1.82, 2.24) is 0 Å². The zero-order valence-corrected chi connectivity index (χ0v) is 6.48. The number of hydrogen-bond donors (Lipinski definition) is 0. The lowest BCUT2D eigenvalue weighted by molar-refractivity contribution is -0.114. The first-order valence-electron chi connectivity index (χ1n) is 3.61. The molecule has 1 aliphatic rings. The Morgan fingerprint density at radius 1 is 1.40 bits per heavy atom. The summed E-state index contributed by atoms with van der Waals surface area (Å²) in [6.45, 7) is 3.96. The van der Waals surface area contributed by atoms with Crippen molar-refractivity contribution < 1.29 is 4.79 Å². The van der Waals surface area contributed by atoms with Crippen LogP contribution in [0.1, 0.15) is 26.7 Å². The minimum absolute atomic E-state index is 0.301. The highest BCUT2D eigenvalue weighted by Crippen LogP contribution is 2.22. The van der Waals surface area contributed by atoms with E-state index in [2.05, 4.69) is 0 Å². The summed E-state index contributed by atoms with van der Waals surface area (Å²) in [5.74, 6) is 0.301. The van der Waals surface area contributed by atoms with Gasteiger partial charge >= 0.3 is 0 Å². The Bertz CT molecular complexity index is 209. The monoisotopic (exact) mass is 136 g/mol. The first-order chi connectivity index (χ1) is 4.75. The molecule has 0 atom stereocenters. The Labute approximate surface area is 61.4 Å². The summed E-state index contributed by atoms with van der Waals surface area (Å²) in [5, 5.41) is 0. The standard InChI is InChI=1S/C9H12O/c1-3-4-8-7(2)5-6-9(8)10/h3-4H,5-6H2,1-2H3/b4-3-. The summed E-state index contributed by atoms with van der Waals surface area (Å²) >= 11 is 0. The molecule has 0 aromatic rings. The highest BCUT2D eigenvalue weighted by molar-refractivity contribution is 6.01. The maximum atomic E-state index is 11.1. The van der Waals surface area contributed by atoms with Crippen molar-refractivity contribution in [3.05, 3.63) is 23.3 Å². The highest BCUT2D eigenvalue weighted by atomic mass is 16.1. The summed E-state index contributed by atoms with van der Waals surface area (Å²) in [7, 11) is 0. The molecule has 0 saturated heterocycles. The normalized spacial score (nSPS) is 19.6. The van der Waals surface area contributed by atoms with E-state index in [1.54, 1.807) is 0 Å². The molecule has 10 heavy (non-hydrogen) atoms. The summed E-state index contributed by atoms with van der Waals surface area (Å²) in [5.41, 5.74) is 2.17. The molecular weight excluding hydrogens is 124 g/mol. The van der Waals surface area contributed by atoms with Crippen LogP contribution in [0.15, 0.2) is 23.3 Å². The lowest BCUT2D eigenvalue weighted by Gasteiger charge is -1.90. The van der Waals surface area contributed by atoms with Crippen molar-refractivity contribution in [2.24, 2.45) is 0 Å². The van der Waals surface area contributed by atoms with Crippen LogP contribution < -0.4 is 0 Å². The number of carbonyl (C=O) groups is 1. The maximum Gasteiger partial charge on any atom is 0.163 e. The van der Waals surface area contributed by atoms with Gasteiger partial charge in [0.2, 0.25) is 0 Å². The Morgan fingerprint density at radius 2 is 2.10 bits per heavy atom. The maximum absolute atomic E-state index is 11.1. The van der Waals surface area contributed by atoms with Gasteiger partial charge in [0.15, 0.2) is 5.78 Å². The zero-order chi connectivity index (χ0) is 7.56. The van der Waals surface area contributed by atoms with Gasteiger partial charge in [0.25, 0.3) is 0 Å². The van der Waals surface area contributed by atoms with Crippen LogP contribution in [0.25, 0.3) is 0 Å². The number of allylic oxidation sites excluding steroid dienone is 4. The SMILES string of the molecule is C/C=C\C1=C(C)CCC1=O. The van der Waals surface area contributed by atoms with Gasteiger partial charge < -0.3 is 0 Å². The average molecular weight is 136 g/mol. The Hall–Kier alpha value is -0.850. The van der Waals surface area contributed by atoms with Crippen molar-refractivity contribution in [2.45, 2.75) is 26.7 Å². The van der Waals surface area contributed by atoms with Crippen LogP contribution in [-0.2, 0) is 4.79 Å². The van der Waals surface area contributed by atoms with E-state index in [4.69, 9.17) is 0 Å². The summed E-state index contributed by atoms with van der Waals surface area (Å²) in [6.07, 6.45) is 5.50. The van der Waals surface area contributed by atoms with E-state index in [1.807, 2.05) is 26.0 Å². The van der Waals surface area contributed by atoms with E-state index >= 15 is 0 Å². The molecular formula is C9H12O. The zero-order valence-electron chi connectivity index (χ0n) is 6.48. The minimum atomic E-state index is 0.301. The number of hydrogen-bond acceptors (Lipinski definition) is 1. The molecule has 54 valence electrons. The Kier molecular flexibility index (Phi) is 2.05. The summed E-state index contributed by atoms with van der Waals surface area (Å²) in [4.78, 5) is 11.1. The van der Waals surface area contributed by atoms with Gasteiger partial charge in [-0.2, -0.15) is 0 Å². The fourth-order valence-electron chi connectivity index (χ4n) is 1.21. The van der Waals surface area contributed by atoms with Gasteiger partial charge in [-0.05, 0) is 20.3 Å². The van der Waals surface area contributed by atoms with Crippen molar-refractivity contribution in [1.29, 1.82) is 0 Å². The molecule has 0 heterocycles. The summed E-state index contributed by atoms with van der Waals surface area (Å²) in [6, 6.07) is 0. The fraction of sp³-hybridized carbons (Fsp3) is 0.444. The number of carbonyl (C=O) groups excluding carboxylic acids is 1. The lowest BCUT2D eigenvalue weighted by atomic mass is 10.1. The molecule has 0 radical (unpaired) electrons. The molecule has 0 amide bonds. The summed E-state index contributed by atoms with van der Waals surface area (Å²) < 4.78 is 0. The van der Waals surface area contributed by atoms with Crippen LogP contribution in [0.5, 0.6) is 0 Å². The molecule has 1 rings (SSSR count). The van der Waals surface area contributed by atoms with Crippen LogP contribution in [0, 0.1) is 0 Å². The fourth-order valence-corrected chi connectivity index (χ4v) is 1.21. The lowest BCUT2D eigenvalue weighted by Crippen LogP contribution is -1.91. The number of rotatable bonds is 1. The molecule has 0 aromatic heterocycles. The van der Waals surface area contributed by atoms with Gasteiger partial charge in [-0.15, -0.1) is 0 Å². The second-order valence-corrected chi connectivity index (χ2v) is 2.62. The van der Waals surface area contributed by atoms with Crippen molar-refractivity contribution in [2.75, 3.05) is 0 Å². The second-order valence-electron chi connectivity index (χ2n) is 2.62. The molecule has 1 nitrogen and oxygen atoms in total. The molecule has 0 fully saturated rings. The third-order valence-electron chi connectivity index (χ3n) is 1.82. The topological polar surface area (TPSA) is 17.1 Å². The van der Waals surface area contributed by atoms with Gasteiger partial charge in [-0.3, -0.25) is 4.79 Å². The number of ketones is 1. The van der Waals surface area contributed by atoms with Crippen molar-refractivity contribution in [3.8, 4) is 0 Å². The van der Waals surface area contributed by atoms with Crippen LogP contribution in [0.4, 0.5) is 0 Å². The van der Waals surface area contributed by atoms with Gasteiger partial charge in [0.1, 0.15) is 0 Å². The van der Waals surface area contributed by atoms with Gasteiger partial charge in [0, 0.05) is 12.0 Å². The van der Waals surface area contributed by atoms with Crippen LogP contribution in [-0.4, -0.2) is 5.78 Å². The van der Waals surface area contributed by atoms with E-state index in [0.29, 0.717) is 12.2 Å². The Balaban J connectivity index is 2.88. The highest BCUT2D eigenvalue weighted by Gasteiger charge is 2.16. The van der Waals surface area contributed by atoms with Crippen LogP contribution in [0.2, 0.25) is 0 Å². The van der Waals surface area contributed by atoms with Gasteiger partial charge in [0.05, 0.1) is 0 Å². The quantitative estimate of drug-likeness (QED) is 0.540. The second kappa shape index (κ2) is 2.82. The average Bonchev–Trinajstić information content (AvgIpc) is 2.20. The molecule has 0 aliphatic heterocycles. The van der Waals surface area contributed by atoms with Crippen molar-refractivity contribution >= 4 is 5.78 Å². The molecule has 0 saturated carbocycles. The van der Waals surface area contributed by atoms with E-state index in [1.165, 1.54) is 5.57 Å². The molecule has 0 unspecified atom stereocenters. The molecule has 0 aromatic carbocycles. The Morgan fingerprint density at radius 3 is 2.50 bits per heavy atom. The van der Waals surface area contributed by atoms with Crippen LogP contribution in [0.3, 0.4) is 0 Å². The predicted octanol–water partition coefficient (Wildman–Crippen LogP) is 2.24.